The van der Waals surface area contributed by atoms with Crippen molar-refractivity contribution in [3.05, 3.63) is 54.7 Å². The Labute approximate surface area is 156 Å². The molecule has 2 aliphatic heterocycles. The third-order valence-corrected chi connectivity index (χ3v) is 6.03. The van der Waals surface area contributed by atoms with Crippen molar-refractivity contribution in [1.82, 2.24) is 30.0 Å². The Hall–Kier alpha value is -3.16. The molecule has 1 aromatic carbocycles. The molecule has 3 aliphatic rings. The lowest BCUT2D eigenvalue weighted by Crippen LogP contribution is -2.53. The van der Waals surface area contributed by atoms with E-state index in [9.17, 15) is 0 Å². The summed E-state index contributed by atoms with van der Waals surface area (Å²) in [5.41, 5.74) is 5.25. The number of hydrazone groups is 1. The van der Waals surface area contributed by atoms with E-state index >= 15 is 0 Å². The summed E-state index contributed by atoms with van der Waals surface area (Å²) in [7, 11) is 0. The first-order valence-electron chi connectivity index (χ1n) is 9.52. The largest absolute Gasteiger partial charge is 0.314 e. The Balaban J connectivity index is 1.46. The fraction of sp³-hybridized carbons (Fsp3) is 0.368. The number of amidine groups is 1. The van der Waals surface area contributed by atoms with Crippen molar-refractivity contribution in [3.8, 4) is 5.69 Å². The number of imidazole rings is 1. The highest BCUT2D eigenvalue weighted by atomic mass is 15.6. The van der Waals surface area contributed by atoms with Gasteiger partial charge in [-0.3, -0.25) is 10.3 Å². The van der Waals surface area contributed by atoms with E-state index in [1.54, 1.807) is 6.20 Å². The van der Waals surface area contributed by atoms with E-state index in [4.69, 9.17) is 5.10 Å². The predicted octanol–water partition coefficient (Wildman–Crippen LogP) is 2.31. The molecule has 6 rings (SSSR count). The van der Waals surface area contributed by atoms with Gasteiger partial charge in [-0.15, -0.1) is 5.10 Å². The van der Waals surface area contributed by atoms with Crippen LogP contribution in [-0.4, -0.2) is 36.5 Å². The van der Waals surface area contributed by atoms with Crippen LogP contribution in [0.2, 0.25) is 0 Å². The van der Waals surface area contributed by atoms with Crippen LogP contribution in [0.3, 0.4) is 0 Å². The summed E-state index contributed by atoms with van der Waals surface area (Å²) in [6, 6.07) is 10.5. The number of nitrogens with one attached hydrogen (secondary N) is 1. The summed E-state index contributed by atoms with van der Waals surface area (Å²) in [5.74, 6) is 2.45. The molecule has 27 heavy (non-hydrogen) atoms. The molecule has 1 aliphatic carbocycles. The maximum absolute atomic E-state index is 4.73. The molecule has 3 aromatic rings. The normalized spacial score (nSPS) is 26.0. The molecule has 8 heteroatoms. The van der Waals surface area contributed by atoms with Crippen molar-refractivity contribution >= 4 is 11.7 Å². The highest BCUT2D eigenvalue weighted by molar-refractivity contribution is 6.10. The fourth-order valence-electron chi connectivity index (χ4n) is 4.83. The number of aromatic nitrogens is 5. The minimum absolute atomic E-state index is 0.161. The van der Waals surface area contributed by atoms with Crippen LogP contribution in [0.5, 0.6) is 0 Å². The van der Waals surface area contributed by atoms with Crippen LogP contribution < -0.4 is 10.3 Å². The van der Waals surface area contributed by atoms with Crippen LogP contribution in [0.4, 0.5) is 5.82 Å². The lowest BCUT2D eigenvalue weighted by atomic mass is 9.80. The average Bonchev–Trinajstić information content (AvgIpc) is 3.46. The van der Waals surface area contributed by atoms with Crippen molar-refractivity contribution in [2.75, 3.05) is 4.90 Å². The zero-order valence-corrected chi connectivity index (χ0v) is 14.8. The lowest BCUT2D eigenvalue weighted by Gasteiger charge is -2.45. The Kier molecular flexibility index (Phi) is 3.14. The number of nitrogens with zero attached hydrogens (tertiary/aromatic N) is 7. The van der Waals surface area contributed by atoms with E-state index in [1.165, 1.54) is 25.7 Å². The summed E-state index contributed by atoms with van der Waals surface area (Å²) in [5, 5.41) is 13.2. The van der Waals surface area contributed by atoms with E-state index in [0.29, 0.717) is 12.0 Å². The molecular formula is C19H20N8. The molecule has 1 N–H and O–H groups in total. The van der Waals surface area contributed by atoms with Crippen LogP contribution >= 0.6 is 0 Å². The summed E-state index contributed by atoms with van der Waals surface area (Å²) < 4.78 is 4.18. The molecule has 3 atom stereocenters. The molecule has 0 radical (unpaired) electrons. The molecular weight excluding hydrogens is 340 g/mol. The summed E-state index contributed by atoms with van der Waals surface area (Å²) >= 11 is 0. The van der Waals surface area contributed by atoms with Crippen LogP contribution in [-0.2, 0) is 0 Å². The van der Waals surface area contributed by atoms with Gasteiger partial charge in [0.2, 0.25) is 0 Å². The van der Waals surface area contributed by atoms with Gasteiger partial charge in [0.1, 0.15) is 17.7 Å². The molecule has 8 nitrogen and oxygen atoms in total. The van der Waals surface area contributed by atoms with Crippen molar-refractivity contribution in [3.63, 3.8) is 0 Å². The smallest absolute Gasteiger partial charge is 0.183 e. The summed E-state index contributed by atoms with van der Waals surface area (Å²) in [6.45, 7) is 0. The molecule has 1 fully saturated rings. The Morgan fingerprint density at radius 3 is 2.85 bits per heavy atom. The van der Waals surface area contributed by atoms with Gasteiger partial charge in [0.05, 0.1) is 24.4 Å². The topological polar surface area (TPSA) is 76.2 Å². The van der Waals surface area contributed by atoms with E-state index in [2.05, 4.69) is 30.2 Å². The minimum Gasteiger partial charge on any atom is -0.314 e. The Bertz CT molecular complexity index is 1000. The van der Waals surface area contributed by atoms with Gasteiger partial charge in [0, 0.05) is 12.0 Å². The van der Waals surface area contributed by atoms with Gasteiger partial charge in [-0.25, -0.2) is 9.67 Å². The number of para-hydroxylation sites is 1. The molecule has 1 saturated carbocycles. The monoisotopic (exact) mass is 360 g/mol. The second-order valence-electron chi connectivity index (χ2n) is 7.42. The SMILES string of the molecule is c1ccc(-n2nncc2C2=NNC3C4CCCCC4n4cncc4N23)cc1. The number of hydrogen-bond donors (Lipinski definition) is 1. The highest BCUT2D eigenvalue weighted by Gasteiger charge is 2.47. The fourth-order valence-corrected chi connectivity index (χ4v) is 4.83. The second kappa shape index (κ2) is 5.67. The zero-order chi connectivity index (χ0) is 17.8. The van der Waals surface area contributed by atoms with Gasteiger partial charge >= 0.3 is 0 Å². The first-order valence-corrected chi connectivity index (χ1v) is 9.52. The molecule has 4 heterocycles. The van der Waals surface area contributed by atoms with E-state index in [-0.39, 0.29) is 6.17 Å². The van der Waals surface area contributed by atoms with Crippen molar-refractivity contribution in [2.45, 2.75) is 37.9 Å². The third kappa shape index (κ3) is 2.09. The average molecular weight is 360 g/mol. The van der Waals surface area contributed by atoms with Gasteiger partial charge in [-0.2, -0.15) is 5.10 Å². The standard InChI is InChI=1S/C19H20N8/c1-2-6-13(7-3-1)27-16(10-21-24-27)19-23-22-18-14-8-4-5-9-15(14)25-12-20-11-17(25)26(18)19/h1-3,6-7,10-12,14-15,18,22H,4-5,8-9H2. The van der Waals surface area contributed by atoms with Gasteiger partial charge in [-0.1, -0.05) is 36.3 Å². The number of rotatable bonds is 2. The van der Waals surface area contributed by atoms with Crippen LogP contribution in [0, 0.1) is 5.92 Å². The first kappa shape index (κ1) is 15.0. The maximum Gasteiger partial charge on any atom is 0.183 e. The van der Waals surface area contributed by atoms with Gasteiger partial charge in [0.15, 0.2) is 5.84 Å². The molecule has 0 saturated heterocycles. The van der Waals surface area contributed by atoms with Crippen LogP contribution in [0.15, 0.2) is 54.2 Å². The number of benzene rings is 1. The number of fused-ring (bicyclic) bond motifs is 6. The van der Waals surface area contributed by atoms with Gasteiger partial charge in [0.25, 0.3) is 0 Å². The Morgan fingerprint density at radius 1 is 1.04 bits per heavy atom. The van der Waals surface area contributed by atoms with Gasteiger partial charge in [-0.05, 0) is 25.0 Å². The molecule has 0 bridgehead atoms. The first-order chi connectivity index (χ1) is 13.4. The number of anilines is 1. The summed E-state index contributed by atoms with van der Waals surface area (Å²) in [4.78, 5) is 6.73. The van der Waals surface area contributed by atoms with Crippen LogP contribution in [0.1, 0.15) is 37.4 Å². The molecule has 0 spiro atoms. The molecule has 3 unspecified atom stereocenters. The Morgan fingerprint density at radius 2 is 1.93 bits per heavy atom. The van der Waals surface area contributed by atoms with Crippen molar-refractivity contribution in [2.24, 2.45) is 11.0 Å². The molecule has 0 amide bonds. The molecule has 2 aromatic heterocycles. The third-order valence-electron chi connectivity index (χ3n) is 6.03. The molecule has 136 valence electrons. The highest BCUT2D eigenvalue weighted by Crippen LogP contribution is 2.45. The quantitative estimate of drug-likeness (QED) is 0.759. The zero-order valence-electron chi connectivity index (χ0n) is 14.8. The van der Waals surface area contributed by atoms with E-state index < -0.39 is 0 Å². The minimum atomic E-state index is 0.161. The van der Waals surface area contributed by atoms with E-state index in [0.717, 1.165) is 23.0 Å². The number of hydrogen-bond acceptors (Lipinski definition) is 6. The van der Waals surface area contributed by atoms with Crippen molar-refractivity contribution < 1.29 is 0 Å². The second-order valence-corrected chi connectivity index (χ2v) is 7.42. The van der Waals surface area contributed by atoms with Crippen molar-refractivity contribution in [1.29, 1.82) is 0 Å². The van der Waals surface area contributed by atoms with Crippen LogP contribution in [0.25, 0.3) is 5.69 Å². The predicted molar refractivity (Wildman–Crippen MR) is 101 cm³/mol. The summed E-state index contributed by atoms with van der Waals surface area (Å²) in [6.07, 6.45) is 10.8. The maximum atomic E-state index is 4.73. The van der Waals surface area contributed by atoms with E-state index in [1.807, 2.05) is 47.5 Å². The lowest BCUT2D eigenvalue weighted by molar-refractivity contribution is 0.176. The van der Waals surface area contributed by atoms with Gasteiger partial charge < -0.3 is 4.57 Å².